The molecule has 0 unspecified atom stereocenters. The van der Waals surface area contributed by atoms with Gasteiger partial charge in [0.1, 0.15) is 5.75 Å². The van der Waals surface area contributed by atoms with Gasteiger partial charge in [0.05, 0.1) is 17.8 Å². The third-order valence-corrected chi connectivity index (χ3v) is 4.24. The lowest BCUT2D eigenvalue weighted by atomic mass is 9.81. The largest absolute Gasteiger partial charge is 0.493 e. The highest BCUT2D eigenvalue weighted by atomic mass is 32.1. The fourth-order valence-electron chi connectivity index (χ4n) is 1.98. The van der Waals surface area contributed by atoms with Gasteiger partial charge in [0, 0.05) is 10.9 Å². The summed E-state index contributed by atoms with van der Waals surface area (Å²) in [6.45, 7) is 9.45. The predicted octanol–water partition coefficient (Wildman–Crippen LogP) is 4.90. The fraction of sp³-hybridized carbons (Fsp3) is 0.438. The minimum Gasteiger partial charge on any atom is -0.493 e. The molecule has 0 saturated carbocycles. The molecule has 2 nitrogen and oxygen atoms in total. The van der Waals surface area contributed by atoms with Crippen molar-refractivity contribution in [3.05, 3.63) is 34.7 Å². The molecule has 1 aromatic carbocycles. The van der Waals surface area contributed by atoms with Crippen molar-refractivity contribution < 1.29 is 4.74 Å². The van der Waals surface area contributed by atoms with E-state index in [1.807, 2.05) is 12.4 Å². The van der Waals surface area contributed by atoms with Gasteiger partial charge in [0.15, 0.2) is 0 Å². The summed E-state index contributed by atoms with van der Waals surface area (Å²) in [5.74, 6) is 0.920. The maximum Gasteiger partial charge on any atom is 0.128 e. The van der Waals surface area contributed by atoms with Crippen molar-refractivity contribution >= 4 is 11.3 Å². The number of thiazole rings is 1. The average Bonchev–Trinajstić information content (AvgIpc) is 2.93. The minimum atomic E-state index is 0.176. The predicted molar refractivity (Wildman–Crippen MR) is 82.0 cm³/mol. The molecule has 19 heavy (non-hydrogen) atoms. The molecule has 0 aliphatic heterocycles. The maximum atomic E-state index is 5.73. The molecule has 0 radical (unpaired) electrons. The van der Waals surface area contributed by atoms with Crippen LogP contribution in [-0.4, -0.2) is 11.6 Å². The van der Waals surface area contributed by atoms with Gasteiger partial charge in [-0.05, 0) is 36.5 Å². The molecule has 2 rings (SSSR count). The molecule has 0 aliphatic rings. The van der Waals surface area contributed by atoms with E-state index in [0.29, 0.717) is 6.61 Å². The highest BCUT2D eigenvalue weighted by molar-refractivity contribution is 7.07. The normalized spacial score (nSPS) is 11.6. The second-order valence-corrected chi connectivity index (χ2v) is 5.97. The first-order valence-corrected chi connectivity index (χ1v) is 7.68. The number of rotatable bonds is 5. The number of benzene rings is 1. The summed E-state index contributed by atoms with van der Waals surface area (Å²) in [5, 5.41) is 2.07. The maximum absolute atomic E-state index is 5.73. The minimum absolute atomic E-state index is 0.176. The van der Waals surface area contributed by atoms with E-state index in [0.717, 1.165) is 23.4 Å². The van der Waals surface area contributed by atoms with Crippen LogP contribution in [0.4, 0.5) is 0 Å². The van der Waals surface area contributed by atoms with Crippen LogP contribution < -0.4 is 4.74 Å². The van der Waals surface area contributed by atoms with Gasteiger partial charge < -0.3 is 4.74 Å². The van der Waals surface area contributed by atoms with E-state index in [1.54, 1.807) is 11.3 Å². The molecule has 2 aromatic rings. The second kappa shape index (κ2) is 5.74. The van der Waals surface area contributed by atoms with E-state index >= 15 is 0 Å². The highest BCUT2D eigenvalue weighted by Crippen LogP contribution is 2.35. The zero-order chi connectivity index (χ0) is 13.9. The molecule has 3 heteroatoms. The lowest BCUT2D eigenvalue weighted by Gasteiger charge is -2.24. The third kappa shape index (κ3) is 2.98. The second-order valence-electron chi connectivity index (χ2n) is 5.26. The van der Waals surface area contributed by atoms with Crippen molar-refractivity contribution in [2.75, 3.05) is 6.61 Å². The van der Waals surface area contributed by atoms with Crippen LogP contribution in [0.15, 0.2) is 29.1 Å². The summed E-state index contributed by atoms with van der Waals surface area (Å²) in [6.07, 6.45) is 1.11. The first-order chi connectivity index (χ1) is 9.08. The van der Waals surface area contributed by atoms with Crippen LogP contribution in [0.1, 0.15) is 39.7 Å². The fourth-order valence-corrected chi connectivity index (χ4v) is 2.53. The molecule has 0 N–H and O–H groups in total. The molecule has 0 amide bonds. The van der Waals surface area contributed by atoms with Gasteiger partial charge in [-0.15, -0.1) is 11.3 Å². The van der Waals surface area contributed by atoms with Gasteiger partial charge in [0.25, 0.3) is 0 Å². The molecule has 1 heterocycles. The Morgan fingerprint density at radius 2 is 2.05 bits per heavy atom. The van der Waals surface area contributed by atoms with Crippen LogP contribution >= 0.6 is 11.3 Å². The molecular formula is C16H21NOS. The van der Waals surface area contributed by atoms with Crippen LogP contribution in [0.25, 0.3) is 11.3 Å². The first-order valence-electron chi connectivity index (χ1n) is 6.74. The van der Waals surface area contributed by atoms with Crippen LogP contribution in [0.5, 0.6) is 5.75 Å². The van der Waals surface area contributed by atoms with E-state index < -0.39 is 0 Å². The van der Waals surface area contributed by atoms with Crippen LogP contribution in [0.2, 0.25) is 0 Å². The molecule has 0 bridgehead atoms. The molecule has 0 saturated heterocycles. The van der Waals surface area contributed by atoms with E-state index in [4.69, 9.17) is 4.74 Å². The van der Waals surface area contributed by atoms with Gasteiger partial charge in [-0.25, -0.2) is 4.98 Å². The highest BCUT2D eigenvalue weighted by Gasteiger charge is 2.20. The molecule has 0 aliphatic carbocycles. The third-order valence-electron chi connectivity index (χ3n) is 3.65. The Balaban J connectivity index is 2.50. The summed E-state index contributed by atoms with van der Waals surface area (Å²) < 4.78 is 5.73. The van der Waals surface area contributed by atoms with E-state index in [-0.39, 0.29) is 5.41 Å². The number of ether oxygens (including phenoxy) is 1. The molecule has 0 fully saturated rings. The summed E-state index contributed by atoms with van der Waals surface area (Å²) in [7, 11) is 0. The van der Waals surface area contributed by atoms with Gasteiger partial charge in [-0.1, -0.05) is 26.8 Å². The molecule has 1 aromatic heterocycles. The number of hydrogen-bond donors (Lipinski definition) is 0. The molecule has 0 atom stereocenters. The molecule has 102 valence electrons. The van der Waals surface area contributed by atoms with Crippen LogP contribution in [0.3, 0.4) is 0 Å². The van der Waals surface area contributed by atoms with Gasteiger partial charge in [-0.3, -0.25) is 0 Å². The Morgan fingerprint density at radius 1 is 1.26 bits per heavy atom. The summed E-state index contributed by atoms with van der Waals surface area (Å²) in [4.78, 5) is 4.42. The van der Waals surface area contributed by atoms with Crippen LogP contribution in [0, 0.1) is 0 Å². The van der Waals surface area contributed by atoms with Gasteiger partial charge >= 0.3 is 0 Å². The Kier molecular flexibility index (Phi) is 4.25. The molecule has 0 spiro atoms. The lowest BCUT2D eigenvalue weighted by Crippen LogP contribution is -2.15. The summed E-state index contributed by atoms with van der Waals surface area (Å²) >= 11 is 1.61. The lowest BCUT2D eigenvalue weighted by molar-refractivity contribution is 0.341. The quantitative estimate of drug-likeness (QED) is 0.774. The molecular weight excluding hydrogens is 254 g/mol. The van der Waals surface area contributed by atoms with Crippen molar-refractivity contribution in [1.29, 1.82) is 0 Å². The SMILES string of the molecule is CCOc1ccc(C(C)(C)CC)cc1-c1cscn1. The number of aromatic nitrogens is 1. The summed E-state index contributed by atoms with van der Waals surface area (Å²) in [6, 6.07) is 6.47. The van der Waals surface area contributed by atoms with Gasteiger partial charge in [-0.2, -0.15) is 0 Å². The smallest absolute Gasteiger partial charge is 0.128 e. The first kappa shape index (κ1) is 14.1. The van der Waals surface area contributed by atoms with E-state index in [9.17, 15) is 0 Å². The zero-order valence-electron chi connectivity index (χ0n) is 12.1. The van der Waals surface area contributed by atoms with Crippen molar-refractivity contribution in [2.24, 2.45) is 0 Å². The zero-order valence-corrected chi connectivity index (χ0v) is 12.9. The van der Waals surface area contributed by atoms with Crippen molar-refractivity contribution in [2.45, 2.75) is 39.5 Å². The Bertz CT molecular complexity index is 532. The van der Waals surface area contributed by atoms with Crippen LogP contribution in [-0.2, 0) is 5.41 Å². The van der Waals surface area contributed by atoms with Crippen molar-refractivity contribution in [3.63, 3.8) is 0 Å². The summed E-state index contributed by atoms with van der Waals surface area (Å²) in [5.41, 5.74) is 5.48. The Morgan fingerprint density at radius 3 is 2.63 bits per heavy atom. The van der Waals surface area contributed by atoms with E-state index in [2.05, 4.69) is 49.3 Å². The number of nitrogens with zero attached hydrogens (tertiary/aromatic N) is 1. The van der Waals surface area contributed by atoms with E-state index in [1.165, 1.54) is 5.56 Å². The Hall–Kier alpha value is -1.35. The Labute approximate surface area is 119 Å². The monoisotopic (exact) mass is 275 g/mol. The average molecular weight is 275 g/mol. The van der Waals surface area contributed by atoms with Gasteiger partial charge in [0.2, 0.25) is 0 Å². The topological polar surface area (TPSA) is 22.1 Å². The number of hydrogen-bond acceptors (Lipinski definition) is 3. The van der Waals surface area contributed by atoms with Crippen molar-refractivity contribution in [1.82, 2.24) is 4.98 Å². The van der Waals surface area contributed by atoms with Crippen molar-refractivity contribution in [3.8, 4) is 17.0 Å². The standard InChI is InChI=1S/C16H21NOS/c1-5-16(3,4)12-7-8-15(18-6-2)13(9-12)14-10-19-11-17-14/h7-11H,5-6H2,1-4H3.